The number of piperidine rings is 1. The van der Waals surface area contributed by atoms with Crippen molar-refractivity contribution in [3.63, 3.8) is 0 Å². The minimum absolute atomic E-state index is 0.478. The van der Waals surface area contributed by atoms with Crippen molar-refractivity contribution < 1.29 is 4.74 Å². The van der Waals surface area contributed by atoms with E-state index in [2.05, 4.69) is 33.4 Å². The molecule has 0 atom stereocenters. The molecule has 0 saturated carbocycles. The molecule has 140 valence electrons. The Bertz CT molecular complexity index is 925. The molecular formula is C21H25N5O. The van der Waals surface area contributed by atoms with Gasteiger partial charge in [0.2, 0.25) is 0 Å². The van der Waals surface area contributed by atoms with Crippen LogP contribution in [0.15, 0.2) is 36.8 Å². The zero-order valence-electron chi connectivity index (χ0n) is 15.5. The van der Waals surface area contributed by atoms with E-state index in [4.69, 9.17) is 14.7 Å². The maximum absolute atomic E-state index is 5.54. The van der Waals surface area contributed by atoms with Gasteiger partial charge in [0, 0.05) is 25.0 Å². The summed E-state index contributed by atoms with van der Waals surface area (Å²) in [6.45, 7) is 3.78. The van der Waals surface area contributed by atoms with Gasteiger partial charge in [-0.1, -0.05) is 12.1 Å². The standard InChI is InChI=1S/C21H25N5O/c1-2-18(15-6-10-27-11-7-15)21-19(3-1)23-13-20(25-21)16-12-24-26(14-16)17-4-8-22-9-5-17/h1-3,12-15,17,22H,4-11H2. The Morgan fingerprint density at radius 1 is 1.04 bits per heavy atom. The molecule has 4 heterocycles. The lowest BCUT2D eigenvalue weighted by molar-refractivity contribution is 0.0856. The molecule has 2 aliphatic heterocycles. The molecule has 2 fully saturated rings. The van der Waals surface area contributed by atoms with Crippen molar-refractivity contribution >= 4 is 11.0 Å². The third-order valence-electron chi connectivity index (χ3n) is 5.85. The number of fused-ring (bicyclic) bond motifs is 1. The van der Waals surface area contributed by atoms with Gasteiger partial charge in [0.05, 0.1) is 35.2 Å². The lowest BCUT2D eigenvalue weighted by Crippen LogP contribution is -2.29. The summed E-state index contributed by atoms with van der Waals surface area (Å²) in [5.41, 5.74) is 5.24. The molecule has 2 saturated heterocycles. The molecule has 27 heavy (non-hydrogen) atoms. The van der Waals surface area contributed by atoms with Crippen LogP contribution in [-0.2, 0) is 4.74 Å². The van der Waals surface area contributed by atoms with Gasteiger partial charge in [-0.25, -0.2) is 4.98 Å². The Hall–Kier alpha value is -2.31. The second-order valence-electron chi connectivity index (χ2n) is 7.55. The van der Waals surface area contributed by atoms with Gasteiger partial charge < -0.3 is 10.1 Å². The summed E-state index contributed by atoms with van der Waals surface area (Å²) in [4.78, 5) is 9.70. The van der Waals surface area contributed by atoms with Crippen molar-refractivity contribution in [2.45, 2.75) is 37.6 Å². The summed E-state index contributed by atoms with van der Waals surface area (Å²) < 4.78 is 7.64. The molecule has 0 unspecified atom stereocenters. The number of hydrogen-bond acceptors (Lipinski definition) is 5. The first-order chi connectivity index (χ1) is 13.4. The van der Waals surface area contributed by atoms with Gasteiger partial charge in [-0.15, -0.1) is 0 Å². The SMILES string of the molecule is c1cc(C2CCOCC2)c2nc(-c3cnn(C4CCNCC4)c3)cnc2c1. The van der Waals surface area contributed by atoms with Gasteiger partial charge in [-0.2, -0.15) is 5.10 Å². The van der Waals surface area contributed by atoms with Crippen molar-refractivity contribution in [3.05, 3.63) is 42.4 Å². The van der Waals surface area contributed by atoms with E-state index in [0.29, 0.717) is 12.0 Å². The van der Waals surface area contributed by atoms with Gasteiger partial charge in [0.1, 0.15) is 0 Å². The summed E-state index contributed by atoms with van der Waals surface area (Å²) in [5, 5.41) is 8.02. The summed E-state index contributed by atoms with van der Waals surface area (Å²) in [6.07, 6.45) is 10.3. The van der Waals surface area contributed by atoms with E-state index in [-0.39, 0.29) is 0 Å². The van der Waals surface area contributed by atoms with E-state index < -0.39 is 0 Å². The lowest BCUT2D eigenvalue weighted by Gasteiger charge is -2.23. The van der Waals surface area contributed by atoms with Crippen LogP contribution >= 0.6 is 0 Å². The van der Waals surface area contributed by atoms with Gasteiger partial charge in [0.15, 0.2) is 0 Å². The highest BCUT2D eigenvalue weighted by molar-refractivity contribution is 5.80. The van der Waals surface area contributed by atoms with Gasteiger partial charge >= 0.3 is 0 Å². The van der Waals surface area contributed by atoms with Crippen LogP contribution in [0, 0.1) is 0 Å². The average molecular weight is 363 g/mol. The molecule has 2 aromatic heterocycles. The van der Waals surface area contributed by atoms with Crippen molar-refractivity contribution in [2.75, 3.05) is 26.3 Å². The first-order valence-corrected chi connectivity index (χ1v) is 9.97. The summed E-state index contributed by atoms with van der Waals surface area (Å²) in [6, 6.07) is 6.82. The largest absolute Gasteiger partial charge is 0.381 e. The van der Waals surface area contributed by atoms with E-state index in [1.165, 1.54) is 5.56 Å². The van der Waals surface area contributed by atoms with Gasteiger partial charge in [-0.05, 0) is 56.3 Å². The normalized spacial score (nSPS) is 19.6. The Balaban J connectivity index is 1.49. The molecule has 0 spiro atoms. The zero-order valence-corrected chi connectivity index (χ0v) is 15.5. The molecule has 3 aromatic rings. The maximum Gasteiger partial charge on any atom is 0.0929 e. The first kappa shape index (κ1) is 16.8. The van der Waals surface area contributed by atoms with Crippen molar-refractivity contribution in [1.29, 1.82) is 0 Å². The summed E-state index contributed by atoms with van der Waals surface area (Å²) in [5.74, 6) is 0.504. The third kappa shape index (κ3) is 3.35. The highest BCUT2D eigenvalue weighted by atomic mass is 16.5. The van der Waals surface area contributed by atoms with Gasteiger partial charge in [0.25, 0.3) is 0 Å². The average Bonchev–Trinajstić information content (AvgIpc) is 3.24. The molecular weight excluding hydrogens is 338 g/mol. The molecule has 1 N–H and O–H groups in total. The molecule has 2 aliphatic rings. The van der Waals surface area contributed by atoms with Crippen LogP contribution in [0.3, 0.4) is 0 Å². The summed E-state index contributed by atoms with van der Waals surface area (Å²) >= 11 is 0. The van der Waals surface area contributed by atoms with E-state index in [1.807, 2.05) is 18.5 Å². The number of rotatable bonds is 3. The highest BCUT2D eigenvalue weighted by Gasteiger charge is 2.20. The zero-order chi connectivity index (χ0) is 18.1. The Labute approximate surface area is 159 Å². The Kier molecular flexibility index (Phi) is 4.59. The lowest BCUT2D eigenvalue weighted by atomic mass is 9.90. The number of ether oxygens (including phenoxy) is 1. The van der Waals surface area contributed by atoms with Crippen LogP contribution in [0.4, 0.5) is 0 Å². The molecule has 0 amide bonds. The van der Waals surface area contributed by atoms with E-state index in [1.54, 1.807) is 0 Å². The molecule has 6 heteroatoms. The fraction of sp³-hybridized carbons (Fsp3) is 0.476. The maximum atomic E-state index is 5.54. The topological polar surface area (TPSA) is 64.9 Å². The molecule has 1 aromatic carbocycles. The van der Waals surface area contributed by atoms with Crippen molar-refractivity contribution in [3.8, 4) is 11.3 Å². The van der Waals surface area contributed by atoms with E-state index >= 15 is 0 Å². The second kappa shape index (κ2) is 7.37. The fourth-order valence-corrected chi connectivity index (χ4v) is 4.27. The predicted octanol–water partition coefficient (Wildman–Crippen LogP) is 3.31. The van der Waals surface area contributed by atoms with Crippen LogP contribution in [0.5, 0.6) is 0 Å². The van der Waals surface area contributed by atoms with Crippen LogP contribution in [0.2, 0.25) is 0 Å². The Morgan fingerprint density at radius 2 is 1.89 bits per heavy atom. The van der Waals surface area contributed by atoms with Crippen LogP contribution in [-0.4, -0.2) is 46.1 Å². The Morgan fingerprint density at radius 3 is 2.74 bits per heavy atom. The van der Waals surface area contributed by atoms with Gasteiger partial charge in [-0.3, -0.25) is 9.67 Å². The number of para-hydroxylation sites is 1. The predicted molar refractivity (Wildman–Crippen MR) is 105 cm³/mol. The van der Waals surface area contributed by atoms with Crippen LogP contribution < -0.4 is 5.32 Å². The molecule has 6 nitrogen and oxygen atoms in total. The molecule has 0 aliphatic carbocycles. The van der Waals surface area contributed by atoms with Crippen molar-refractivity contribution in [2.24, 2.45) is 0 Å². The monoisotopic (exact) mass is 363 g/mol. The number of nitrogens with zero attached hydrogens (tertiary/aromatic N) is 4. The van der Waals surface area contributed by atoms with E-state index in [0.717, 1.165) is 74.3 Å². The third-order valence-corrected chi connectivity index (χ3v) is 5.85. The molecule has 0 bridgehead atoms. The fourth-order valence-electron chi connectivity index (χ4n) is 4.27. The number of aromatic nitrogens is 4. The quantitative estimate of drug-likeness (QED) is 0.773. The first-order valence-electron chi connectivity index (χ1n) is 9.97. The van der Waals surface area contributed by atoms with Crippen LogP contribution in [0.1, 0.15) is 43.2 Å². The number of hydrogen-bond donors (Lipinski definition) is 1. The van der Waals surface area contributed by atoms with E-state index in [9.17, 15) is 0 Å². The smallest absolute Gasteiger partial charge is 0.0929 e. The summed E-state index contributed by atoms with van der Waals surface area (Å²) in [7, 11) is 0. The number of benzene rings is 1. The molecule has 0 radical (unpaired) electrons. The molecule has 5 rings (SSSR count). The van der Waals surface area contributed by atoms with Crippen LogP contribution in [0.25, 0.3) is 22.3 Å². The second-order valence-corrected chi connectivity index (χ2v) is 7.55. The van der Waals surface area contributed by atoms with Crippen molar-refractivity contribution in [1.82, 2.24) is 25.1 Å². The number of nitrogens with one attached hydrogen (secondary N) is 1. The highest BCUT2D eigenvalue weighted by Crippen LogP contribution is 2.32. The minimum atomic E-state index is 0.478. The minimum Gasteiger partial charge on any atom is -0.381 e.